The standard InChI is InChI=1S/C16H22FN5O2/c1-4-18-16(20-10-15-21-12(3)22-24-15)19-9-11(2)23-14-7-5-6-13(17)8-14/h5-8,11H,4,9-10H2,1-3H3,(H2,18,19,20). The van der Waals surface area contributed by atoms with Crippen LogP contribution in [0.1, 0.15) is 25.6 Å². The lowest BCUT2D eigenvalue weighted by Crippen LogP contribution is -2.41. The van der Waals surface area contributed by atoms with Gasteiger partial charge in [-0.3, -0.25) is 0 Å². The van der Waals surface area contributed by atoms with Gasteiger partial charge in [-0.25, -0.2) is 9.38 Å². The number of aryl methyl sites for hydroxylation is 1. The van der Waals surface area contributed by atoms with Crippen LogP contribution in [0.4, 0.5) is 4.39 Å². The van der Waals surface area contributed by atoms with Gasteiger partial charge in [-0.05, 0) is 32.9 Å². The highest BCUT2D eigenvalue weighted by molar-refractivity contribution is 5.79. The maximum absolute atomic E-state index is 13.2. The maximum atomic E-state index is 13.2. The van der Waals surface area contributed by atoms with Gasteiger partial charge in [-0.15, -0.1) is 0 Å². The minimum absolute atomic E-state index is 0.165. The third-order valence-electron chi connectivity index (χ3n) is 2.98. The number of nitrogens with one attached hydrogen (secondary N) is 2. The largest absolute Gasteiger partial charge is 0.489 e. The van der Waals surface area contributed by atoms with Crippen LogP contribution < -0.4 is 15.4 Å². The molecule has 1 aromatic carbocycles. The monoisotopic (exact) mass is 335 g/mol. The lowest BCUT2D eigenvalue weighted by molar-refractivity contribution is 0.223. The van der Waals surface area contributed by atoms with Gasteiger partial charge in [-0.2, -0.15) is 4.98 Å². The number of aromatic nitrogens is 2. The summed E-state index contributed by atoms with van der Waals surface area (Å²) < 4.78 is 23.8. The SMILES string of the molecule is CCNC(=NCc1nc(C)no1)NCC(C)Oc1cccc(F)c1. The molecule has 0 amide bonds. The second-order valence-electron chi connectivity index (χ2n) is 5.20. The number of halogens is 1. The lowest BCUT2D eigenvalue weighted by atomic mass is 10.3. The highest BCUT2D eigenvalue weighted by Gasteiger charge is 2.07. The Morgan fingerprint density at radius 3 is 2.92 bits per heavy atom. The van der Waals surface area contributed by atoms with Crippen molar-refractivity contribution in [1.29, 1.82) is 0 Å². The Morgan fingerprint density at radius 2 is 2.25 bits per heavy atom. The van der Waals surface area contributed by atoms with Gasteiger partial charge in [-0.1, -0.05) is 11.2 Å². The number of ether oxygens (including phenoxy) is 1. The molecule has 0 aliphatic heterocycles. The molecule has 2 aromatic rings. The fourth-order valence-electron chi connectivity index (χ4n) is 1.95. The van der Waals surface area contributed by atoms with Crippen molar-refractivity contribution in [3.05, 3.63) is 41.8 Å². The first-order valence-corrected chi connectivity index (χ1v) is 7.80. The zero-order valence-corrected chi connectivity index (χ0v) is 14.0. The summed E-state index contributed by atoms with van der Waals surface area (Å²) >= 11 is 0. The number of hydrogen-bond donors (Lipinski definition) is 2. The molecule has 0 aliphatic carbocycles. The molecular weight excluding hydrogens is 313 g/mol. The van der Waals surface area contributed by atoms with Crippen molar-refractivity contribution < 1.29 is 13.7 Å². The molecule has 0 spiro atoms. The molecule has 1 atom stereocenters. The quantitative estimate of drug-likeness (QED) is 0.595. The number of hydrogen-bond acceptors (Lipinski definition) is 5. The summed E-state index contributed by atoms with van der Waals surface area (Å²) in [4.78, 5) is 8.47. The Labute approximate surface area is 140 Å². The summed E-state index contributed by atoms with van der Waals surface area (Å²) in [6, 6.07) is 6.07. The predicted octanol–water partition coefficient (Wildman–Crippen LogP) is 2.04. The minimum Gasteiger partial charge on any atom is -0.489 e. The first-order chi connectivity index (χ1) is 11.6. The Kier molecular flexibility index (Phi) is 6.53. The summed E-state index contributed by atoms with van der Waals surface area (Å²) in [7, 11) is 0. The summed E-state index contributed by atoms with van der Waals surface area (Å²) in [6.45, 7) is 7.13. The van der Waals surface area contributed by atoms with E-state index in [2.05, 4.69) is 25.8 Å². The molecule has 8 heteroatoms. The second-order valence-corrected chi connectivity index (χ2v) is 5.20. The van der Waals surface area contributed by atoms with Crippen LogP contribution in [0.15, 0.2) is 33.8 Å². The molecule has 0 bridgehead atoms. The van der Waals surface area contributed by atoms with E-state index in [-0.39, 0.29) is 18.5 Å². The van der Waals surface area contributed by atoms with Gasteiger partial charge < -0.3 is 19.9 Å². The zero-order chi connectivity index (χ0) is 17.4. The van der Waals surface area contributed by atoms with E-state index >= 15 is 0 Å². The number of nitrogens with zero attached hydrogens (tertiary/aromatic N) is 3. The number of guanidine groups is 1. The third-order valence-corrected chi connectivity index (χ3v) is 2.98. The Balaban J connectivity index is 1.85. The molecule has 24 heavy (non-hydrogen) atoms. The van der Waals surface area contributed by atoms with Crippen molar-refractivity contribution in [2.45, 2.75) is 33.4 Å². The minimum atomic E-state index is -0.322. The average molecular weight is 335 g/mol. The fourth-order valence-corrected chi connectivity index (χ4v) is 1.95. The maximum Gasteiger partial charge on any atom is 0.248 e. The number of rotatable bonds is 7. The second kappa shape index (κ2) is 8.85. The number of aliphatic imine (C=N–C) groups is 1. The van der Waals surface area contributed by atoms with E-state index < -0.39 is 0 Å². The van der Waals surface area contributed by atoms with Crippen LogP contribution in [-0.4, -0.2) is 35.3 Å². The lowest BCUT2D eigenvalue weighted by Gasteiger charge is -2.17. The van der Waals surface area contributed by atoms with Gasteiger partial charge in [0.25, 0.3) is 0 Å². The molecule has 2 rings (SSSR count). The number of benzene rings is 1. The van der Waals surface area contributed by atoms with Gasteiger partial charge in [0.05, 0.1) is 6.54 Å². The van der Waals surface area contributed by atoms with Crippen molar-refractivity contribution in [1.82, 2.24) is 20.8 Å². The van der Waals surface area contributed by atoms with E-state index in [1.807, 2.05) is 13.8 Å². The Bertz CT molecular complexity index is 674. The molecule has 0 aliphatic rings. The van der Waals surface area contributed by atoms with E-state index in [0.29, 0.717) is 36.5 Å². The van der Waals surface area contributed by atoms with Crippen molar-refractivity contribution in [3.63, 3.8) is 0 Å². The molecule has 130 valence electrons. The molecule has 7 nitrogen and oxygen atoms in total. The first-order valence-electron chi connectivity index (χ1n) is 7.80. The van der Waals surface area contributed by atoms with Crippen molar-refractivity contribution in [3.8, 4) is 5.75 Å². The van der Waals surface area contributed by atoms with Crippen LogP contribution >= 0.6 is 0 Å². The van der Waals surface area contributed by atoms with Crippen LogP contribution in [0, 0.1) is 12.7 Å². The van der Waals surface area contributed by atoms with Gasteiger partial charge in [0.2, 0.25) is 5.89 Å². The van der Waals surface area contributed by atoms with E-state index in [9.17, 15) is 4.39 Å². The van der Waals surface area contributed by atoms with Gasteiger partial charge in [0, 0.05) is 12.6 Å². The van der Waals surface area contributed by atoms with Gasteiger partial charge in [0.1, 0.15) is 24.2 Å². The van der Waals surface area contributed by atoms with E-state index in [1.54, 1.807) is 19.1 Å². The molecule has 0 saturated carbocycles. The Morgan fingerprint density at radius 1 is 1.42 bits per heavy atom. The van der Waals surface area contributed by atoms with Crippen molar-refractivity contribution in [2.75, 3.05) is 13.1 Å². The fraction of sp³-hybridized carbons (Fsp3) is 0.438. The normalized spacial score (nSPS) is 12.8. The molecule has 2 N–H and O–H groups in total. The van der Waals surface area contributed by atoms with Crippen LogP contribution in [0.25, 0.3) is 0 Å². The molecule has 0 fully saturated rings. The smallest absolute Gasteiger partial charge is 0.248 e. The molecule has 0 saturated heterocycles. The van der Waals surface area contributed by atoms with E-state index in [4.69, 9.17) is 9.26 Å². The van der Waals surface area contributed by atoms with Gasteiger partial charge >= 0.3 is 0 Å². The van der Waals surface area contributed by atoms with Crippen LogP contribution in [0.5, 0.6) is 5.75 Å². The molecular formula is C16H22FN5O2. The molecule has 1 heterocycles. The summed E-state index contributed by atoms with van der Waals surface area (Å²) in [5.41, 5.74) is 0. The van der Waals surface area contributed by atoms with Crippen molar-refractivity contribution in [2.24, 2.45) is 4.99 Å². The topological polar surface area (TPSA) is 84.6 Å². The van der Waals surface area contributed by atoms with E-state index in [0.717, 1.165) is 0 Å². The van der Waals surface area contributed by atoms with Crippen LogP contribution in [0.2, 0.25) is 0 Å². The highest BCUT2D eigenvalue weighted by atomic mass is 19.1. The molecule has 1 unspecified atom stereocenters. The van der Waals surface area contributed by atoms with E-state index in [1.165, 1.54) is 12.1 Å². The van der Waals surface area contributed by atoms with Crippen molar-refractivity contribution >= 4 is 5.96 Å². The van der Waals surface area contributed by atoms with Gasteiger partial charge in [0.15, 0.2) is 11.8 Å². The zero-order valence-electron chi connectivity index (χ0n) is 14.0. The average Bonchev–Trinajstić information content (AvgIpc) is 2.95. The molecule has 0 radical (unpaired) electrons. The summed E-state index contributed by atoms with van der Waals surface area (Å²) in [5.74, 6) is 1.82. The third kappa shape index (κ3) is 5.86. The molecule has 1 aromatic heterocycles. The van der Waals surface area contributed by atoms with Crippen LogP contribution in [0.3, 0.4) is 0 Å². The highest BCUT2D eigenvalue weighted by Crippen LogP contribution is 2.13. The summed E-state index contributed by atoms with van der Waals surface area (Å²) in [6.07, 6.45) is -0.165. The first kappa shape index (κ1) is 17.7. The summed E-state index contributed by atoms with van der Waals surface area (Å²) in [5, 5.41) is 10.0. The Hall–Kier alpha value is -2.64. The predicted molar refractivity (Wildman–Crippen MR) is 88.3 cm³/mol. The van der Waals surface area contributed by atoms with Crippen LogP contribution in [-0.2, 0) is 6.54 Å².